The summed E-state index contributed by atoms with van der Waals surface area (Å²) in [5, 5.41) is 2.29. The number of hydrogen-bond donors (Lipinski definition) is 2. The third-order valence-corrected chi connectivity index (χ3v) is 4.21. The van der Waals surface area contributed by atoms with Crippen molar-refractivity contribution in [1.29, 1.82) is 0 Å². The summed E-state index contributed by atoms with van der Waals surface area (Å²) >= 11 is 3.44. The lowest BCUT2D eigenvalue weighted by Crippen LogP contribution is -2.32. The van der Waals surface area contributed by atoms with Gasteiger partial charge in [-0.25, -0.2) is 5.84 Å². The van der Waals surface area contributed by atoms with E-state index in [1.165, 1.54) is 0 Å². The van der Waals surface area contributed by atoms with E-state index in [0.717, 1.165) is 32.1 Å². The van der Waals surface area contributed by atoms with Crippen molar-refractivity contribution in [1.82, 2.24) is 5.43 Å². The molecule has 0 saturated carbocycles. The summed E-state index contributed by atoms with van der Waals surface area (Å²) in [6.45, 7) is -0.0191. The number of rotatable bonds is 4. The summed E-state index contributed by atoms with van der Waals surface area (Å²) < 4.78 is 0.990. The highest BCUT2D eigenvalue weighted by Gasteiger charge is 2.09. The molecular weight excluding hydrogens is 366 g/mol. The van der Waals surface area contributed by atoms with Gasteiger partial charge in [-0.05, 0) is 29.0 Å². The number of nitrogens with one attached hydrogen (secondary N) is 1. The van der Waals surface area contributed by atoms with Crippen molar-refractivity contribution < 1.29 is 4.79 Å². The van der Waals surface area contributed by atoms with Gasteiger partial charge in [0.15, 0.2) is 0 Å². The molecule has 1 amide bonds. The number of amides is 1. The first kappa shape index (κ1) is 16.4. The molecule has 0 spiro atoms. The highest BCUT2D eigenvalue weighted by atomic mass is 79.9. The molecule has 0 aliphatic carbocycles. The predicted molar refractivity (Wildman–Crippen MR) is 101 cm³/mol. The Morgan fingerprint density at radius 2 is 1.62 bits per heavy atom. The second-order valence-electron chi connectivity index (χ2n) is 5.30. The zero-order valence-corrected chi connectivity index (χ0v) is 14.5. The molecule has 0 atom stereocenters. The van der Waals surface area contributed by atoms with Crippen molar-refractivity contribution in [3.63, 3.8) is 0 Å². The standard InChI is InChI=1S/C19H16BrN3O/c20-17-9-7-14(8-10-17)19(22-12-18(24)23-21)16-6-5-13-3-1-2-4-15(13)11-16/h1-11H,12,21H2,(H,23,24). The van der Waals surface area contributed by atoms with Crippen molar-refractivity contribution in [2.75, 3.05) is 6.54 Å². The first-order valence-corrected chi connectivity index (χ1v) is 8.25. The largest absolute Gasteiger partial charge is 0.293 e. The van der Waals surface area contributed by atoms with E-state index >= 15 is 0 Å². The molecule has 0 heterocycles. The predicted octanol–water partition coefficient (Wildman–Crippen LogP) is 3.43. The fraction of sp³-hybridized carbons (Fsp3) is 0.0526. The van der Waals surface area contributed by atoms with Crippen LogP contribution in [0.15, 0.2) is 76.2 Å². The first-order chi connectivity index (χ1) is 11.7. The van der Waals surface area contributed by atoms with Gasteiger partial charge in [0.1, 0.15) is 6.54 Å². The van der Waals surface area contributed by atoms with Gasteiger partial charge in [0.2, 0.25) is 0 Å². The SMILES string of the molecule is NNC(=O)CN=C(c1ccc(Br)cc1)c1ccc2ccccc2c1. The number of benzene rings is 3. The van der Waals surface area contributed by atoms with Crippen LogP contribution in [0.2, 0.25) is 0 Å². The van der Waals surface area contributed by atoms with Crippen LogP contribution < -0.4 is 11.3 Å². The Hall–Kier alpha value is -2.50. The van der Waals surface area contributed by atoms with Crippen molar-refractivity contribution in [2.24, 2.45) is 10.8 Å². The van der Waals surface area contributed by atoms with Crippen LogP contribution in [-0.2, 0) is 4.79 Å². The smallest absolute Gasteiger partial charge is 0.255 e. The number of carbonyl (C=O) groups excluding carboxylic acids is 1. The van der Waals surface area contributed by atoms with Gasteiger partial charge in [-0.1, -0.05) is 64.5 Å². The van der Waals surface area contributed by atoms with Crippen LogP contribution in [0.25, 0.3) is 10.8 Å². The van der Waals surface area contributed by atoms with Crippen molar-refractivity contribution >= 4 is 38.3 Å². The van der Waals surface area contributed by atoms with Gasteiger partial charge in [0.25, 0.3) is 5.91 Å². The Balaban J connectivity index is 2.08. The molecule has 120 valence electrons. The van der Waals surface area contributed by atoms with E-state index < -0.39 is 0 Å². The van der Waals surface area contributed by atoms with E-state index in [1.54, 1.807) is 0 Å². The Morgan fingerprint density at radius 3 is 2.33 bits per heavy atom. The molecule has 24 heavy (non-hydrogen) atoms. The minimum absolute atomic E-state index is 0.0191. The van der Waals surface area contributed by atoms with Crippen LogP contribution in [0.4, 0.5) is 0 Å². The minimum atomic E-state index is -0.328. The Labute approximate surface area is 148 Å². The summed E-state index contributed by atoms with van der Waals surface area (Å²) in [7, 11) is 0. The molecule has 0 aliphatic rings. The molecule has 0 saturated heterocycles. The number of fused-ring (bicyclic) bond motifs is 1. The first-order valence-electron chi connectivity index (χ1n) is 7.46. The zero-order chi connectivity index (χ0) is 16.9. The quantitative estimate of drug-likeness (QED) is 0.314. The fourth-order valence-electron chi connectivity index (χ4n) is 2.49. The van der Waals surface area contributed by atoms with Crippen LogP contribution in [0.3, 0.4) is 0 Å². The van der Waals surface area contributed by atoms with Gasteiger partial charge < -0.3 is 0 Å². The van der Waals surface area contributed by atoms with Crippen LogP contribution in [-0.4, -0.2) is 18.2 Å². The average Bonchev–Trinajstić information content (AvgIpc) is 2.63. The van der Waals surface area contributed by atoms with Gasteiger partial charge in [-0.2, -0.15) is 0 Å². The number of aliphatic imine (C=N–C) groups is 1. The van der Waals surface area contributed by atoms with Crippen molar-refractivity contribution in [2.45, 2.75) is 0 Å². The number of carbonyl (C=O) groups is 1. The molecule has 5 heteroatoms. The lowest BCUT2D eigenvalue weighted by molar-refractivity contribution is -0.119. The van der Waals surface area contributed by atoms with Crippen molar-refractivity contribution in [3.8, 4) is 0 Å². The zero-order valence-electron chi connectivity index (χ0n) is 12.9. The van der Waals surface area contributed by atoms with E-state index in [2.05, 4.69) is 50.6 Å². The molecule has 0 aromatic heterocycles. The minimum Gasteiger partial charge on any atom is -0.293 e. The maximum Gasteiger partial charge on any atom is 0.255 e. The van der Waals surface area contributed by atoms with E-state index in [-0.39, 0.29) is 12.5 Å². The van der Waals surface area contributed by atoms with Gasteiger partial charge in [0.05, 0.1) is 5.71 Å². The topological polar surface area (TPSA) is 67.5 Å². The van der Waals surface area contributed by atoms with Gasteiger partial charge in [-0.15, -0.1) is 0 Å². The summed E-state index contributed by atoms with van der Waals surface area (Å²) in [5.74, 6) is 4.83. The molecule has 3 rings (SSSR count). The number of hydrazine groups is 1. The monoisotopic (exact) mass is 381 g/mol. The Morgan fingerprint density at radius 1 is 0.958 bits per heavy atom. The van der Waals surface area contributed by atoms with E-state index in [1.807, 2.05) is 42.5 Å². The molecule has 0 bridgehead atoms. The van der Waals surface area contributed by atoms with Crippen LogP contribution >= 0.6 is 15.9 Å². The summed E-state index contributed by atoms with van der Waals surface area (Å²) in [5.41, 5.74) is 4.77. The van der Waals surface area contributed by atoms with Crippen LogP contribution in [0.5, 0.6) is 0 Å². The Bertz CT molecular complexity index is 904. The molecule has 4 nitrogen and oxygen atoms in total. The van der Waals surface area contributed by atoms with Gasteiger partial charge >= 0.3 is 0 Å². The second-order valence-corrected chi connectivity index (χ2v) is 6.22. The van der Waals surface area contributed by atoms with Crippen molar-refractivity contribution in [3.05, 3.63) is 82.3 Å². The van der Waals surface area contributed by atoms with E-state index in [0.29, 0.717) is 0 Å². The lowest BCUT2D eigenvalue weighted by Gasteiger charge is -2.09. The number of halogens is 1. The summed E-state index contributed by atoms with van der Waals surface area (Å²) in [4.78, 5) is 16.0. The fourth-order valence-corrected chi connectivity index (χ4v) is 2.75. The van der Waals surface area contributed by atoms with Gasteiger partial charge in [0, 0.05) is 15.6 Å². The normalized spacial score (nSPS) is 11.5. The van der Waals surface area contributed by atoms with E-state index in [9.17, 15) is 4.79 Å². The lowest BCUT2D eigenvalue weighted by atomic mass is 9.99. The summed E-state index contributed by atoms with van der Waals surface area (Å²) in [6, 6.07) is 22.1. The summed E-state index contributed by atoms with van der Waals surface area (Å²) in [6.07, 6.45) is 0. The highest BCUT2D eigenvalue weighted by molar-refractivity contribution is 9.10. The second kappa shape index (κ2) is 7.38. The molecule has 0 radical (unpaired) electrons. The molecule has 3 aromatic carbocycles. The number of hydrogen-bond acceptors (Lipinski definition) is 3. The number of nitrogens with two attached hydrogens (primary N) is 1. The third kappa shape index (κ3) is 3.69. The maximum atomic E-state index is 11.5. The third-order valence-electron chi connectivity index (χ3n) is 3.68. The van der Waals surface area contributed by atoms with Gasteiger partial charge in [-0.3, -0.25) is 15.2 Å². The van der Waals surface area contributed by atoms with Crippen LogP contribution in [0, 0.1) is 0 Å². The molecule has 3 aromatic rings. The highest BCUT2D eigenvalue weighted by Crippen LogP contribution is 2.20. The maximum absolute atomic E-state index is 11.5. The average molecular weight is 382 g/mol. The number of nitrogens with zero attached hydrogens (tertiary/aromatic N) is 1. The molecular formula is C19H16BrN3O. The van der Waals surface area contributed by atoms with E-state index in [4.69, 9.17) is 5.84 Å². The molecule has 0 aliphatic heterocycles. The van der Waals surface area contributed by atoms with Crippen LogP contribution in [0.1, 0.15) is 11.1 Å². The molecule has 3 N–H and O–H groups in total. The Kier molecular flexibility index (Phi) is 5.03. The molecule has 0 fully saturated rings. The molecule has 0 unspecified atom stereocenters.